The fourth-order valence-corrected chi connectivity index (χ4v) is 4.06. The lowest BCUT2D eigenvalue weighted by molar-refractivity contribution is 0.308. The Bertz CT molecular complexity index is 708. The van der Waals surface area contributed by atoms with Crippen LogP contribution in [0.15, 0.2) is 42.5 Å². The van der Waals surface area contributed by atoms with Gasteiger partial charge in [0.15, 0.2) is 0 Å². The summed E-state index contributed by atoms with van der Waals surface area (Å²) in [7, 11) is 0. The fraction of sp³-hybridized carbons (Fsp3) is 0.368. The molecular formula is C19H22Cl2N2O. The third-order valence-electron chi connectivity index (χ3n) is 4.89. The Balaban J connectivity index is 0.00000169. The summed E-state index contributed by atoms with van der Waals surface area (Å²) in [5, 5.41) is 0.798. The van der Waals surface area contributed by atoms with Gasteiger partial charge in [-0.1, -0.05) is 41.9 Å². The zero-order valence-electron chi connectivity index (χ0n) is 13.5. The summed E-state index contributed by atoms with van der Waals surface area (Å²) in [4.78, 5) is 2.41. The van der Waals surface area contributed by atoms with Crippen molar-refractivity contribution in [2.45, 2.75) is 24.9 Å². The lowest BCUT2D eigenvalue weighted by atomic mass is 9.95. The van der Waals surface area contributed by atoms with E-state index in [2.05, 4.69) is 29.2 Å². The molecule has 0 unspecified atom stereocenters. The van der Waals surface area contributed by atoms with Gasteiger partial charge in [0, 0.05) is 48.6 Å². The minimum atomic E-state index is 0. The van der Waals surface area contributed by atoms with Crippen LogP contribution >= 0.6 is 24.0 Å². The zero-order valence-corrected chi connectivity index (χ0v) is 15.0. The van der Waals surface area contributed by atoms with Gasteiger partial charge >= 0.3 is 0 Å². The Hall–Kier alpha value is -1.26. The van der Waals surface area contributed by atoms with E-state index in [4.69, 9.17) is 22.1 Å². The summed E-state index contributed by atoms with van der Waals surface area (Å²) in [6.07, 6.45) is 0.953. The second-order valence-corrected chi connectivity index (χ2v) is 6.96. The molecule has 128 valence electrons. The largest absolute Gasteiger partial charge is 0.493 e. The van der Waals surface area contributed by atoms with Crippen LogP contribution in [0.1, 0.15) is 22.6 Å². The predicted molar refractivity (Wildman–Crippen MR) is 100 cm³/mol. The summed E-state index contributed by atoms with van der Waals surface area (Å²) in [5.74, 6) is 1.43. The normalized spacial score (nSPS) is 22.8. The van der Waals surface area contributed by atoms with Gasteiger partial charge in [0.2, 0.25) is 0 Å². The molecule has 2 aliphatic heterocycles. The maximum atomic E-state index is 6.40. The zero-order chi connectivity index (χ0) is 15.8. The van der Waals surface area contributed by atoms with E-state index in [1.54, 1.807) is 0 Å². The number of fused-ring (bicyclic) bond motifs is 1. The van der Waals surface area contributed by atoms with Gasteiger partial charge in [-0.3, -0.25) is 4.90 Å². The third-order valence-corrected chi connectivity index (χ3v) is 5.11. The van der Waals surface area contributed by atoms with Gasteiger partial charge in [-0.15, -0.1) is 12.4 Å². The first kappa shape index (κ1) is 17.6. The van der Waals surface area contributed by atoms with Crippen molar-refractivity contribution < 1.29 is 4.74 Å². The van der Waals surface area contributed by atoms with Crippen LogP contribution in [0.3, 0.4) is 0 Å². The van der Waals surface area contributed by atoms with Gasteiger partial charge in [0.05, 0.1) is 6.61 Å². The van der Waals surface area contributed by atoms with Crippen LogP contribution < -0.4 is 10.5 Å². The number of halogens is 2. The van der Waals surface area contributed by atoms with Gasteiger partial charge in [0.1, 0.15) is 5.75 Å². The molecule has 2 N–H and O–H groups in total. The van der Waals surface area contributed by atoms with Crippen molar-refractivity contribution in [1.82, 2.24) is 4.90 Å². The Morgan fingerprint density at radius 2 is 1.96 bits per heavy atom. The van der Waals surface area contributed by atoms with Crippen molar-refractivity contribution in [2.75, 3.05) is 19.7 Å². The number of likely N-dealkylation sites (tertiary alicyclic amines) is 1. The van der Waals surface area contributed by atoms with E-state index in [1.165, 1.54) is 16.7 Å². The Kier molecular flexibility index (Phi) is 5.36. The SMILES string of the molecule is Cl.N[C@@H]1CN(Cc2cc(Cl)cc3c2OCC3)C[C@H]1c1ccccc1. The first-order valence-corrected chi connectivity index (χ1v) is 8.55. The topological polar surface area (TPSA) is 38.5 Å². The second kappa shape index (κ2) is 7.32. The minimum Gasteiger partial charge on any atom is -0.493 e. The van der Waals surface area contributed by atoms with Crippen LogP contribution in [0.4, 0.5) is 0 Å². The molecule has 5 heteroatoms. The van der Waals surface area contributed by atoms with Crippen molar-refractivity contribution in [3.8, 4) is 5.75 Å². The van der Waals surface area contributed by atoms with Crippen molar-refractivity contribution in [1.29, 1.82) is 0 Å². The van der Waals surface area contributed by atoms with E-state index < -0.39 is 0 Å². The van der Waals surface area contributed by atoms with E-state index in [0.29, 0.717) is 5.92 Å². The van der Waals surface area contributed by atoms with Gasteiger partial charge in [0.25, 0.3) is 0 Å². The van der Waals surface area contributed by atoms with Gasteiger partial charge < -0.3 is 10.5 Å². The van der Waals surface area contributed by atoms with Gasteiger partial charge in [-0.2, -0.15) is 0 Å². The van der Waals surface area contributed by atoms with Crippen LogP contribution in [0, 0.1) is 0 Å². The lowest BCUT2D eigenvalue weighted by Gasteiger charge is -2.18. The van der Waals surface area contributed by atoms with Crippen LogP contribution in [-0.4, -0.2) is 30.6 Å². The molecule has 0 spiro atoms. The van der Waals surface area contributed by atoms with Gasteiger partial charge in [-0.25, -0.2) is 0 Å². The minimum absolute atomic E-state index is 0. The summed E-state index contributed by atoms with van der Waals surface area (Å²) in [6.45, 7) is 3.49. The average Bonchev–Trinajstić information content (AvgIpc) is 3.14. The van der Waals surface area contributed by atoms with Crippen molar-refractivity contribution in [3.63, 3.8) is 0 Å². The molecule has 0 amide bonds. The molecule has 3 nitrogen and oxygen atoms in total. The molecule has 1 fully saturated rings. The highest BCUT2D eigenvalue weighted by Crippen LogP contribution is 2.35. The average molecular weight is 365 g/mol. The van der Waals surface area contributed by atoms with Crippen LogP contribution in [0.5, 0.6) is 5.75 Å². The Morgan fingerprint density at radius 1 is 1.17 bits per heavy atom. The molecule has 4 rings (SSSR count). The van der Waals surface area contributed by atoms with E-state index in [-0.39, 0.29) is 18.4 Å². The maximum absolute atomic E-state index is 6.40. The van der Waals surface area contributed by atoms with Crippen LogP contribution in [-0.2, 0) is 13.0 Å². The first-order valence-electron chi connectivity index (χ1n) is 8.17. The fourth-order valence-electron chi connectivity index (χ4n) is 3.80. The van der Waals surface area contributed by atoms with E-state index in [1.807, 2.05) is 18.2 Å². The highest BCUT2D eigenvalue weighted by molar-refractivity contribution is 6.30. The third kappa shape index (κ3) is 3.40. The maximum Gasteiger partial charge on any atom is 0.127 e. The summed E-state index contributed by atoms with van der Waals surface area (Å²) < 4.78 is 5.82. The molecule has 0 radical (unpaired) electrons. The highest BCUT2D eigenvalue weighted by Gasteiger charge is 2.32. The highest BCUT2D eigenvalue weighted by atomic mass is 35.5. The van der Waals surface area contributed by atoms with Crippen LogP contribution in [0.25, 0.3) is 0 Å². The quantitative estimate of drug-likeness (QED) is 0.903. The summed E-state index contributed by atoms with van der Waals surface area (Å²) in [6, 6.07) is 14.8. The molecule has 0 bridgehead atoms. The number of nitrogens with zero attached hydrogens (tertiary/aromatic N) is 1. The van der Waals surface area contributed by atoms with E-state index >= 15 is 0 Å². The number of ether oxygens (including phenoxy) is 1. The molecule has 2 aromatic rings. The van der Waals surface area contributed by atoms with Crippen molar-refractivity contribution in [2.24, 2.45) is 5.73 Å². The first-order chi connectivity index (χ1) is 11.2. The summed E-state index contributed by atoms with van der Waals surface area (Å²) in [5.41, 5.74) is 10.1. The predicted octanol–water partition coefficient (Wildman–Crippen LogP) is 3.62. The molecule has 0 aromatic heterocycles. The Labute approximate surface area is 154 Å². The summed E-state index contributed by atoms with van der Waals surface area (Å²) >= 11 is 6.27. The number of rotatable bonds is 3. The number of benzene rings is 2. The molecule has 2 atom stereocenters. The standard InChI is InChI=1S/C19H21ClN2O.ClH/c20-16-8-14-6-7-23-19(14)15(9-16)10-22-11-17(18(21)12-22)13-4-2-1-3-5-13;/h1-5,8-9,17-18H,6-7,10-12,21H2;1H/t17-,18+;/m0./s1. The van der Waals surface area contributed by atoms with E-state index in [9.17, 15) is 0 Å². The number of hydrogen-bond donors (Lipinski definition) is 1. The van der Waals surface area contributed by atoms with Crippen LogP contribution in [0.2, 0.25) is 5.02 Å². The smallest absolute Gasteiger partial charge is 0.127 e. The van der Waals surface area contributed by atoms with Gasteiger partial charge in [-0.05, 0) is 23.3 Å². The van der Waals surface area contributed by atoms with Crippen molar-refractivity contribution in [3.05, 3.63) is 64.2 Å². The number of nitrogens with two attached hydrogens (primary N) is 1. The second-order valence-electron chi connectivity index (χ2n) is 6.53. The Morgan fingerprint density at radius 3 is 2.75 bits per heavy atom. The van der Waals surface area contributed by atoms with E-state index in [0.717, 1.165) is 43.4 Å². The molecule has 0 saturated carbocycles. The molecule has 0 aliphatic carbocycles. The molecule has 24 heavy (non-hydrogen) atoms. The monoisotopic (exact) mass is 364 g/mol. The lowest BCUT2D eigenvalue weighted by Crippen LogP contribution is -2.28. The molecule has 2 aliphatic rings. The molecule has 2 aromatic carbocycles. The van der Waals surface area contributed by atoms with Crippen molar-refractivity contribution >= 4 is 24.0 Å². The number of hydrogen-bond acceptors (Lipinski definition) is 3. The molecule has 2 heterocycles. The molecule has 1 saturated heterocycles. The molecular weight excluding hydrogens is 343 g/mol.